The minimum atomic E-state index is -1.20. The Morgan fingerprint density at radius 2 is 2.06 bits per heavy atom. The molecule has 0 aliphatic heterocycles. The Hall–Kier alpha value is -2.31. The number of ether oxygens (including phenoxy) is 1. The molecule has 0 aromatic heterocycles. The Bertz CT molecular complexity index is 421. The molecule has 0 spiro atoms. The zero-order valence-corrected chi connectivity index (χ0v) is 9.52. The summed E-state index contributed by atoms with van der Waals surface area (Å²) in [5.41, 5.74) is 0. The molecule has 1 aromatic carbocycles. The maximum absolute atomic E-state index is 11.5. The smallest absolute Gasteiger partial charge is 0.339 e. The Balaban J connectivity index is 2.47. The average Bonchev–Trinajstić information content (AvgIpc) is 2.35. The number of carbonyl (C=O) groups is 1. The summed E-state index contributed by atoms with van der Waals surface area (Å²) < 4.78 is 4.92. The third kappa shape index (κ3) is 4.69. The van der Waals surface area contributed by atoms with Gasteiger partial charge >= 0.3 is 5.97 Å². The molecule has 0 saturated heterocycles. The number of hydrogen-bond donors (Lipinski definition) is 0. The van der Waals surface area contributed by atoms with Crippen LogP contribution in [-0.4, -0.2) is 23.5 Å². The molecule has 96 valence electrons. The van der Waals surface area contributed by atoms with Crippen LogP contribution >= 0.6 is 0 Å². The van der Waals surface area contributed by atoms with E-state index in [0.29, 0.717) is 5.75 Å². The van der Waals surface area contributed by atoms with E-state index in [0.717, 1.165) is 0 Å². The molecule has 0 radical (unpaired) electrons. The minimum Gasteiger partial charge on any atom is -0.425 e. The summed E-state index contributed by atoms with van der Waals surface area (Å²) in [4.78, 5) is 31.6. The maximum Gasteiger partial charge on any atom is 0.339 e. The van der Waals surface area contributed by atoms with Gasteiger partial charge < -0.3 is 4.74 Å². The molecule has 1 rings (SSSR count). The van der Waals surface area contributed by atoms with Crippen molar-refractivity contribution in [1.82, 2.24) is 0 Å². The molecule has 0 bridgehead atoms. The maximum atomic E-state index is 11.5. The third-order valence-corrected chi connectivity index (χ3v) is 2.18. The van der Waals surface area contributed by atoms with E-state index >= 15 is 0 Å². The molecule has 1 atom stereocenters. The number of carbonyl (C=O) groups excluding carboxylic acids is 1. The second-order valence-corrected chi connectivity index (χ2v) is 3.55. The highest BCUT2D eigenvalue weighted by Crippen LogP contribution is 2.12. The molecule has 7 nitrogen and oxygen atoms in total. The third-order valence-electron chi connectivity index (χ3n) is 2.18. The second-order valence-electron chi connectivity index (χ2n) is 3.55. The minimum absolute atomic E-state index is 0.0101. The van der Waals surface area contributed by atoms with Crippen LogP contribution in [0.15, 0.2) is 35.5 Å². The number of para-hydroxylation sites is 1. The molecular weight excluding hydrogens is 240 g/mol. The van der Waals surface area contributed by atoms with Gasteiger partial charge in [0.05, 0.1) is 0 Å². The van der Waals surface area contributed by atoms with Crippen molar-refractivity contribution in [3.63, 3.8) is 0 Å². The fourth-order valence-corrected chi connectivity index (χ4v) is 1.30. The average molecular weight is 252 g/mol. The Labute approximate surface area is 103 Å². The SMILES string of the molecule is O=NC(CCC[N+](=O)[O-])C(=O)Oc1ccccc1. The van der Waals surface area contributed by atoms with Crippen LogP contribution in [0.1, 0.15) is 12.8 Å². The lowest BCUT2D eigenvalue weighted by molar-refractivity contribution is -0.480. The van der Waals surface area contributed by atoms with Gasteiger partial charge in [-0.2, -0.15) is 0 Å². The quantitative estimate of drug-likeness (QED) is 0.242. The fraction of sp³-hybridized carbons (Fsp3) is 0.364. The van der Waals surface area contributed by atoms with Gasteiger partial charge in [-0.1, -0.05) is 23.4 Å². The molecular formula is C11H12N2O5. The summed E-state index contributed by atoms with van der Waals surface area (Å²) in [5, 5.41) is 12.7. The first kappa shape index (κ1) is 13.8. The molecule has 0 aliphatic rings. The van der Waals surface area contributed by atoms with Crippen molar-refractivity contribution in [2.24, 2.45) is 5.18 Å². The highest BCUT2D eigenvalue weighted by molar-refractivity contribution is 5.78. The largest absolute Gasteiger partial charge is 0.425 e. The van der Waals surface area contributed by atoms with Crippen molar-refractivity contribution in [2.45, 2.75) is 18.9 Å². The van der Waals surface area contributed by atoms with Gasteiger partial charge in [-0.25, -0.2) is 4.79 Å². The van der Waals surface area contributed by atoms with Gasteiger partial charge in [0.25, 0.3) is 0 Å². The lowest BCUT2D eigenvalue weighted by Gasteiger charge is -2.07. The summed E-state index contributed by atoms with van der Waals surface area (Å²) in [7, 11) is 0. The van der Waals surface area contributed by atoms with Crippen molar-refractivity contribution in [1.29, 1.82) is 0 Å². The highest BCUT2D eigenvalue weighted by Gasteiger charge is 2.22. The van der Waals surface area contributed by atoms with E-state index in [9.17, 15) is 19.8 Å². The molecule has 0 fully saturated rings. The molecule has 0 amide bonds. The Morgan fingerprint density at radius 3 is 2.61 bits per heavy atom. The van der Waals surface area contributed by atoms with Crippen molar-refractivity contribution < 1.29 is 14.5 Å². The van der Waals surface area contributed by atoms with Crippen LogP contribution in [0.3, 0.4) is 0 Å². The van der Waals surface area contributed by atoms with Crippen molar-refractivity contribution in [3.8, 4) is 5.75 Å². The zero-order chi connectivity index (χ0) is 13.4. The van der Waals surface area contributed by atoms with E-state index in [2.05, 4.69) is 5.18 Å². The Kier molecular flexibility index (Phi) is 5.43. The number of hydrogen-bond acceptors (Lipinski definition) is 6. The normalized spacial score (nSPS) is 11.6. The number of benzene rings is 1. The van der Waals surface area contributed by atoms with Gasteiger partial charge in [0.15, 0.2) is 6.04 Å². The number of esters is 1. The molecule has 0 saturated carbocycles. The van der Waals surface area contributed by atoms with Crippen molar-refractivity contribution >= 4 is 5.97 Å². The fourth-order valence-electron chi connectivity index (χ4n) is 1.30. The first-order chi connectivity index (χ1) is 8.63. The van der Waals surface area contributed by atoms with Crippen LogP contribution in [0.5, 0.6) is 5.75 Å². The van der Waals surface area contributed by atoms with Gasteiger partial charge in [-0.05, 0) is 18.6 Å². The van der Waals surface area contributed by atoms with Gasteiger partial charge in [0.2, 0.25) is 6.54 Å². The first-order valence-corrected chi connectivity index (χ1v) is 5.34. The summed E-state index contributed by atoms with van der Waals surface area (Å²) in [6.07, 6.45) is 0.115. The molecule has 0 aliphatic carbocycles. The number of nitroso groups, excluding NO2 is 1. The molecule has 0 heterocycles. The van der Waals surface area contributed by atoms with Crippen LogP contribution in [0, 0.1) is 15.0 Å². The topological polar surface area (TPSA) is 98.9 Å². The van der Waals surface area contributed by atoms with E-state index in [1.165, 1.54) is 0 Å². The van der Waals surface area contributed by atoms with Crippen molar-refractivity contribution in [2.75, 3.05) is 6.54 Å². The Morgan fingerprint density at radius 1 is 1.39 bits per heavy atom. The summed E-state index contributed by atoms with van der Waals surface area (Å²) in [5.74, 6) is -0.482. The monoisotopic (exact) mass is 252 g/mol. The van der Waals surface area contributed by atoms with E-state index in [1.54, 1.807) is 30.3 Å². The summed E-state index contributed by atoms with van der Waals surface area (Å²) in [6.45, 7) is -0.301. The zero-order valence-electron chi connectivity index (χ0n) is 9.52. The lowest BCUT2D eigenvalue weighted by atomic mass is 10.2. The molecule has 1 unspecified atom stereocenters. The standard InChI is InChI=1S/C11H12N2O5/c14-11(18-9-5-2-1-3-6-9)10(12-15)7-4-8-13(16)17/h1-3,5-6,10H,4,7-8H2. The predicted octanol–water partition coefficient (Wildman–Crippen LogP) is 1.78. The van der Waals surface area contributed by atoms with Crippen LogP contribution in [0.4, 0.5) is 0 Å². The highest BCUT2D eigenvalue weighted by atomic mass is 16.6. The van der Waals surface area contributed by atoms with Gasteiger partial charge in [0, 0.05) is 11.3 Å². The number of nitro groups is 1. The van der Waals surface area contributed by atoms with Gasteiger partial charge in [0.1, 0.15) is 5.75 Å². The van der Waals surface area contributed by atoms with Crippen LogP contribution in [0.2, 0.25) is 0 Å². The second kappa shape index (κ2) is 7.10. The molecule has 7 heteroatoms. The van der Waals surface area contributed by atoms with Gasteiger partial charge in [-0.15, -0.1) is 4.91 Å². The van der Waals surface area contributed by atoms with E-state index in [4.69, 9.17) is 4.74 Å². The van der Waals surface area contributed by atoms with E-state index in [-0.39, 0.29) is 19.4 Å². The molecule has 18 heavy (non-hydrogen) atoms. The van der Waals surface area contributed by atoms with Crippen molar-refractivity contribution in [3.05, 3.63) is 45.4 Å². The number of rotatable bonds is 7. The molecule has 0 N–H and O–H groups in total. The summed E-state index contributed by atoms with van der Waals surface area (Å²) >= 11 is 0. The molecule has 1 aromatic rings. The lowest BCUT2D eigenvalue weighted by Crippen LogP contribution is -2.24. The van der Waals surface area contributed by atoms with E-state index in [1.807, 2.05) is 0 Å². The first-order valence-electron chi connectivity index (χ1n) is 5.34. The van der Waals surface area contributed by atoms with E-state index < -0.39 is 16.9 Å². The summed E-state index contributed by atoms with van der Waals surface area (Å²) in [6, 6.07) is 7.04. The predicted molar refractivity (Wildman–Crippen MR) is 62.8 cm³/mol. The van der Waals surface area contributed by atoms with Gasteiger partial charge in [-0.3, -0.25) is 10.1 Å². The number of nitrogens with zero attached hydrogens (tertiary/aromatic N) is 2. The van der Waals surface area contributed by atoms with Crippen LogP contribution in [0.25, 0.3) is 0 Å². The van der Waals surface area contributed by atoms with Crippen LogP contribution in [-0.2, 0) is 4.79 Å². The van der Waals surface area contributed by atoms with Crippen LogP contribution < -0.4 is 4.74 Å².